The molecule has 0 aromatic heterocycles. The fraction of sp³-hybridized carbons (Fsp3) is 0.941. The SMILES string of the molecule is CN=C(NCCCOC(C)C)NCC(C(C)C)N1CCOCC1. The molecular formula is C17H36N4O2. The first-order valence-corrected chi connectivity index (χ1v) is 8.92. The van der Waals surface area contributed by atoms with E-state index in [2.05, 4.69) is 48.2 Å². The molecule has 0 aliphatic carbocycles. The summed E-state index contributed by atoms with van der Waals surface area (Å²) in [4.78, 5) is 6.83. The highest BCUT2D eigenvalue weighted by molar-refractivity contribution is 5.79. The average molecular weight is 329 g/mol. The first kappa shape index (κ1) is 20.2. The molecule has 0 bridgehead atoms. The number of guanidine groups is 1. The van der Waals surface area contributed by atoms with Gasteiger partial charge in [0.1, 0.15) is 0 Å². The summed E-state index contributed by atoms with van der Waals surface area (Å²) in [7, 11) is 1.82. The lowest BCUT2D eigenvalue weighted by Gasteiger charge is -2.37. The average Bonchev–Trinajstić information content (AvgIpc) is 2.53. The lowest BCUT2D eigenvalue weighted by molar-refractivity contribution is 0.00752. The van der Waals surface area contributed by atoms with Gasteiger partial charge in [0.25, 0.3) is 0 Å². The summed E-state index contributed by atoms with van der Waals surface area (Å²) in [6.07, 6.45) is 1.28. The quantitative estimate of drug-likeness (QED) is 0.380. The normalized spacial score (nSPS) is 18.5. The van der Waals surface area contributed by atoms with Gasteiger partial charge in [-0.15, -0.1) is 0 Å². The predicted octanol–water partition coefficient (Wildman–Crippen LogP) is 1.32. The predicted molar refractivity (Wildman–Crippen MR) is 96.1 cm³/mol. The largest absolute Gasteiger partial charge is 0.379 e. The Morgan fingerprint density at radius 2 is 1.87 bits per heavy atom. The van der Waals surface area contributed by atoms with Crippen molar-refractivity contribution in [2.45, 2.75) is 46.3 Å². The third kappa shape index (κ3) is 8.53. The first-order chi connectivity index (χ1) is 11.0. The van der Waals surface area contributed by atoms with Crippen LogP contribution in [0.5, 0.6) is 0 Å². The highest BCUT2D eigenvalue weighted by atomic mass is 16.5. The lowest BCUT2D eigenvalue weighted by Crippen LogP contribution is -2.52. The van der Waals surface area contributed by atoms with Crippen LogP contribution in [0.2, 0.25) is 0 Å². The number of aliphatic imine (C=N–C) groups is 1. The van der Waals surface area contributed by atoms with E-state index in [4.69, 9.17) is 9.47 Å². The van der Waals surface area contributed by atoms with Crippen molar-refractivity contribution in [1.29, 1.82) is 0 Å². The number of hydrogen-bond donors (Lipinski definition) is 2. The third-order valence-corrected chi connectivity index (χ3v) is 4.05. The van der Waals surface area contributed by atoms with Crippen molar-refractivity contribution >= 4 is 5.96 Å². The molecule has 0 radical (unpaired) electrons. The maximum absolute atomic E-state index is 5.55. The van der Waals surface area contributed by atoms with Gasteiger partial charge in [0.05, 0.1) is 19.3 Å². The molecule has 1 heterocycles. The van der Waals surface area contributed by atoms with Crippen LogP contribution in [0.15, 0.2) is 4.99 Å². The number of nitrogens with one attached hydrogen (secondary N) is 2. The van der Waals surface area contributed by atoms with E-state index >= 15 is 0 Å². The maximum Gasteiger partial charge on any atom is 0.191 e. The molecule has 0 spiro atoms. The van der Waals surface area contributed by atoms with Gasteiger partial charge in [0.15, 0.2) is 5.96 Å². The van der Waals surface area contributed by atoms with Crippen LogP contribution in [-0.4, -0.2) is 76.1 Å². The summed E-state index contributed by atoms with van der Waals surface area (Å²) in [6.45, 7) is 14.9. The van der Waals surface area contributed by atoms with Gasteiger partial charge in [0.2, 0.25) is 0 Å². The Balaban J connectivity index is 2.30. The van der Waals surface area contributed by atoms with Crippen molar-refractivity contribution < 1.29 is 9.47 Å². The molecule has 1 unspecified atom stereocenters. The zero-order valence-electron chi connectivity index (χ0n) is 15.6. The minimum atomic E-state index is 0.299. The van der Waals surface area contributed by atoms with Gasteiger partial charge >= 0.3 is 0 Å². The van der Waals surface area contributed by atoms with Gasteiger partial charge in [-0.05, 0) is 26.2 Å². The minimum absolute atomic E-state index is 0.299. The standard InChI is InChI=1S/C17H36N4O2/c1-14(2)16(21-8-11-22-12-9-21)13-20-17(18-5)19-7-6-10-23-15(3)4/h14-16H,6-13H2,1-5H3,(H2,18,19,20). The van der Waals surface area contributed by atoms with Gasteiger partial charge in [0, 0.05) is 45.9 Å². The van der Waals surface area contributed by atoms with Crippen LogP contribution in [0.3, 0.4) is 0 Å². The number of rotatable bonds is 9. The monoisotopic (exact) mass is 328 g/mol. The zero-order valence-corrected chi connectivity index (χ0v) is 15.6. The smallest absolute Gasteiger partial charge is 0.191 e. The Kier molecular flexibility index (Phi) is 10.2. The van der Waals surface area contributed by atoms with Gasteiger partial charge in [-0.25, -0.2) is 0 Å². The second-order valence-electron chi connectivity index (χ2n) is 6.61. The van der Waals surface area contributed by atoms with Crippen LogP contribution in [0, 0.1) is 5.92 Å². The summed E-state index contributed by atoms with van der Waals surface area (Å²) in [6, 6.07) is 0.502. The van der Waals surface area contributed by atoms with Crippen LogP contribution >= 0.6 is 0 Å². The number of hydrogen-bond acceptors (Lipinski definition) is 4. The molecule has 1 aliphatic rings. The van der Waals surface area contributed by atoms with Crippen molar-refractivity contribution in [3.05, 3.63) is 0 Å². The first-order valence-electron chi connectivity index (χ1n) is 8.92. The van der Waals surface area contributed by atoms with Crippen molar-refractivity contribution in [3.63, 3.8) is 0 Å². The van der Waals surface area contributed by atoms with E-state index < -0.39 is 0 Å². The molecule has 0 amide bonds. The number of ether oxygens (including phenoxy) is 2. The molecule has 0 aromatic rings. The van der Waals surface area contributed by atoms with E-state index in [1.165, 1.54) is 0 Å². The Hall–Kier alpha value is -0.850. The Morgan fingerprint density at radius 3 is 2.43 bits per heavy atom. The van der Waals surface area contributed by atoms with Gasteiger partial charge in [-0.2, -0.15) is 0 Å². The van der Waals surface area contributed by atoms with Crippen molar-refractivity contribution in [2.75, 3.05) is 53.0 Å². The number of nitrogens with zero attached hydrogens (tertiary/aromatic N) is 2. The van der Waals surface area contributed by atoms with E-state index in [1.807, 2.05) is 7.05 Å². The summed E-state index contributed by atoms with van der Waals surface area (Å²) < 4.78 is 11.0. The Morgan fingerprint density at radius 1 is 1.17 bits per heavy atom. The molecule has 6 nitrogen and oxygen atoms in total. The zero-order chi connectivity index (χ0) is 17.1. The molecule has 6 heteroatoms. The third-order valence-electron chi connectivity index (χ3n) is 4.05. The summed E-state index contributed by atoms with van der Waals surface area (Å²) in [5.74, 6) is 1.46. The van der Waals surface area contributed by atoms with Crippen LogP contribution in [0.4, 0.5) is 0 Å². The Labute approximate surface area is 142 Å². The van der Waals surface area contributed by atoms with Crippen LogP contribution < -0.4 is 10.6 Å². The molecule has 1 rings (SSSR count). The molecule has 23 heavy (non-hydrogen) atoms. The topological polar surface area (TPSA) is 58.1 Å². The summed E-state index contributed by atoms with van der Waals surface area (Å²) in [5, 5.41) is 6.82. The van der Waals surface area contributed by atoms with Crippen LogP contribution in [0.1, 0.15) is 34.1 Å². The molecule has 1 atom stereocenters. The molecular weight excluding hydrogens is 292 g/mol. The second-order valence-corrected chi connectivity index (χ2v) is 6.61. The van der Waals surface area contributed by atoms with E-state index in [-0.39, 0.29) is 0 Å². The molecule has 0 aromatic carbocycles. The van der Waals surface area contributed by atoms with E-state index in [0.717, 1.165) is 58.4 Å². The highest BCUT2D eigenvalue weighted by Gasteiger charge is 2.23. The minimum Gasteiger partial charge on any atom is -0.379 e. The molecule has 0 saturated carbocycles. The highest BCUT2D eigenvalue weighted by Crippen LogP contribution is 2.12. The van der Waals surface area contributed by atoms with E-state index in [0.29, 0.717) is 18.1 Å². The van der Waals surface area contributed by atoms with Gasteiger partial charge < -0.3 is 20.1 Å². The van der Waals surface area contributed by atoms with Crippen molar-refractivity contribution in [1.82, 2.24) is 15.5 Å². The van der Waals surface area contributed by atoms with E-state index in [1.54, 1.807) is 0 Å². The summed E-state index contributed by atoms with van der Waals surface area (Å²) in [5.41, 5.74) is 0. The van der Waals surface area contributed by atoms with Gasteiger partial charge in [-0.3, -0.25) is 9.89 Å². The molecule has 1 aliphatic heterocycles. The molecule has 1 fully saturated rings. The van der Waals surface area contributed by atoms with Crippen LogP contribution in [0.25, 0.3) is 0 Å². The fourth-order valence-electron chi connectivity index (χ4n) is 2.72. The summed E-state index contributed by atoms with van der Waals surface area (Å²) >= 11 is 0. The lowest BCUT2D eigenvalue weighted by atomic mass is 10.0. The van der Waals surface area contributed by atoms with Crippen LogP contribution in [-0.2, 0) is 9.47 Å². The van der Waals surface area contributed by atoms with Gasteiger partial charge in [-0.1, -0.05) is 13.8 Å². The second kappa shape index (κ2) is 11.6. The maximum atomic E-state index is 5.55. The van der Waals surface area contributed by atoms with Crippen molar-refractivity contribution in [3.8, 4) is 0 Å². The van der Waals surface area contributed by atoms with E-state index in [9.17, 15) is 0 Å². The fourth-order valence-corrected chi connectivity index (χ4v) is 2.72. The Bertz CT molecular complexity index is 329. The molecule has 136 valence electrons. The van der Waals surface area contributed by atoms with Crippen molar-refractivity contribution in [2.24, 2.45) is 10.9 Å². The number of morpholine rings is 1. The molecule has 1 saturated heterocycles. The molecule has 2 N–H and O–H groups in total.